The van der Waals surface area contributed by atoms with Gasteiger partial charge in [-0.2, -0.15) is 0 Å². The molecule has 1 heterocycles. The number of fused-ring (bicyclic) bond motifs is 1. The number of hydrogen-bond donors (Lipinski definition) is 3. The van der Waals surface area contributed by atoms with Crippen LogP contribution >= 0.6 is 0 Å². The highest BCUT2D eigenvalue weighted by Gasteiger charge is 2.23. The number of anilines is 1. The number of nitrogen functional groups attached to an aromatic ring is 1. The smallest absolute Gasteiger partial charge is 0.143 e. The van der Waals surface area contributed by atoms with Gasteiger partial charge in [-0.15, -0.1) is 0 Å². The van der Waals surface area contributed by atoms with Crippen LogP contribution in [0.25, 0.3) is 0 Å². The molecule has 3 rings (SSSR count). The third-order valence-corrected chi connectivity index (χ3v) is 3.23. The average Bonchev–Trinajstić information content (AvgIpc) is 2.46. The van der Waals surface area contributed by atoms with Crippen LogP contribution in [0.4, 0.5) is 5.69 Å². The second-order valence-electron chi connectivity index (χ2n) is 4.48. The summed E-state index contributed by atoms with van der Waals surface area (Å²) in [5.74, 6) is 0.898. The van der Waals surface area contributed by atoms with Gasteiger partial charge in [0.25, 0.3) is 0 Å². The Morgan fingerprint density at radius 3 is 2.74 bits per heavy atom. The number of nitrogens with two attached hydrogens (primary N) is 1. The van der Waals surface area contributed by atoms with Gasteiger partial charge in [0.15, 0.2) is 0 Å². The molecule has 0 amide bonds. The van der Waals surface area contributed by atoms with Crippen molar-refractivity contribution in [1.82, 2.24) is 0 Å². The summed E-state index contributed by atoms with van der Waals surface area (Å²) in [6.45, 7) is 0.668. The summed E-state index contributed by atoms with van der Waals surface area (Å²) in [7, 11) is 0. The van der Waals surface area contributed by atoms with Crippen LogP contribution in [0.3, 0.4) is 0 Å². The minimum absolute atomic E-state index is 0.0676. The van der Waals surface area contributed by atoms with E-state index < -0.39 is 0 Å². The van der Waals surface area contributed by atoms with Crippen LogP contribution < -0.4 is 15.8 Å². The van der Waals surface area contributed by atoms with E-state index in [9.17, 15) is 0 Å². The molecule has 1 atom stereocenters. The fraction of sp³-hybridized carbons (Fsp3) is 0.133. The van der Waals surface area contributed by atoms with E-state index in [-0.39, 0.29) is 11.9 Å². The molecule has 96 valence electrons. The van der Waals surface area contributed by atoms with Crippen molar-refractivity contribution in [2.75, 3.05) is 11.9 Å². The first kappa shape index (κ1) is 11.6. The van der Waals surface area contributed by atoms with Crippen molar-refractivity contribution in [3.8, 4) is 5.75 Å². The fourth-order valence-corrected chi connectivity index (χ4v) is 2.31. The number of amidine groups is 1. The third-order valence-electron chi connectivity index (χ3n) is 3.23. The summed E-state index contributed by atoms with van der Waals surface area (Å²) in [6, 6.07) is 15.5. The lowest BCUT2D eigenvalue weighted by Crippen LogP contribution is -2.26. The zero-order chi connectivity index (χ0) is 13.2. The van der Waals surface area contributed by atoms with E-state index in [1.165, 1.54) is 0 Å². The lowest BCUT2D eigenvalue weighted by atomic mass is 10.0. The predicted octanol–water partition coefficient (Wildman–Crippen LogP) is 2.52. The SMILES string of the molecule is N=C(N)c1ccccc1C1CNc2ccccc2O1. The van der Waals surface area contributed by atoms with Gasteiger partial charge < -0.3 is 15.8 Å². The zero-order valence-electron chi connectivity index (χ0n) is 10.4. The minimum Gasteiger partial charge on any atom is -0.482 e. The Balaban J connectivity index is 1.95. The van der Waals surface area contributed by atoms with Gasteiger partial charge in [0.1, 0.15) is 17.7 Å². The van der Waals surface area contributed by atoms with Gasteiger partial charge in [-0.25, -0.2) is 0 Å². The summed E-state index contributed by atoms with van der Waals surface area (Å²) in [6.07, 6.45) is -0.130. The third kappa shape index (κ3) is 2.12. The molecule has 2 aromatic rings. The average molecular weight is 253 g/mol. The van der Waals surface area contributed by atoms with E-state index >= 15 is 0 Å². The summed E-state index contributed by atoms with van der Waals surface area (Å²) < 4.78 is 5.99. The standard InChI is InChI=1S/C15H15N3O/c16-15(17)11-6-2-1-5-10(11)14-9-18-12-7-3-4-8-13(12)19-14/h1-8,14,18H,9H2,(H3,16,17). The highest BCUT2D eigenvalue weighted by Crippen LogP contribution is 2.34. The Hall–Kier alpha value is -2.49. The van der Waals surface area contributed by atoms with Crippen LogP contribution in [0.2, 0.25) is 0 Å². The largest absolute Gasteiger partial charge is 0.482 e. The molecular weight excluding hydrogens is 238 g/mol. The van der Waals surface area contributed by atoms with E-state index in [4.69, 9.17) is 15.9 Å². The number of ether oxygens (including phenoxy) is 1. The zero-order valence-corrected chi connectivity index (χ0v) is 10.4. The Labute approximate surface area is 111 Å². The van der Waals surface area contributed by atoms with Crippen LogP contribution in [-0.4, -0.2) is 12.4 Å². The van der Waals surface area contributed by atoms with Crippen LogP contribution in [0, 0.1) is 5.41 Å². The second-order valence-corrected chi connectivity index (χ2v) is 4.48. The molecular formula is C15H15N3O. The summed E-state index contributed by atoms with van der Waals surface area (Å²) in [5, 5.41) is 11.0. The van der Waals surface area contributed by atoms with Crippen molar-refractivity contribution in [2.45, 2.75) is 6.10 Å². The first-order chi connectivity index (χ1) is 9.25. The van der Waals surface area contributed by atoms with E-state index in [0.717, 1.165) is 22.6 Å². The van der Waals surface area contributed by atoms with Gasteiger partial charge in [0, 0.05) is 11.1 Å². The van der Waals surface area contributed by atoms with Crippen molar-refractivity contribution < 1.29 is 4.74 Å². The molecule has 1 unspecified atom stereocenters. The number of hydrogen-bond acceptors (Lipinski definition) is 3. The second kappa shape index (κ2) is 4.65. The monoisotopic (exact) mass is 253 g/mol. The molecule has 1 aliphatic rings. The number of para-hydroxylation sites is 2. The maximum Gasteiger partial charge on any atom is 0.143 e. The predicted molar refractivity (Wildman–Crippen MR) is 75.8 cm³/mol. The molecule has 4 heteroatoms. The molecule has 0 aromatic heterocycles. The van der Waals surface area contributed by atoms with Crippen molar-refractivity contribution in [2.24, 2.45) is 5.73 Å². The molecule has 0 saturated carbocycles. The van der Waals surface area contributed by atoms with E-state index in [0.29, 0.717) is 6.54 Å². The summed E-state index contributed by atoms with van der Waals surface area (Å²) in [5.41, 5.74) is 8.29. The van der Waals surface area contributed by atoms with Crippen LogP contribution in [0.1, 0.15) is 17.2 Å². The Kier molecular flexibility index (Phi) is 2.83. The normalized spacial score (nSPS) is 16.9. The fourth-order valence-electron chi connectivity index (χ4n) is 2.31. The Morgan fingerprint density at radius 1 is 1.16 bits per heavy atom. The van der Waals surface area contributed by atoms with Gasteiger partial charge in [0.05, 0.1) is 12.2 Å². The summed E-state index contributed by atoms with van der Waals surface area (Å²) >= 11 is 0. The number of rotatable bonds is 2. The van der Waals surface area contributed by atoms with Crippen molar-refractivity contribution in [3.63, 3.8) is 0 Å². The molecule has 2 aromatic carbocycles. The molecule has 0 radical (unpaired) electrons. The number of nitrogens with one attached hydrogen (secondary N) is 2. The first-order valence-corrected chi connectivity index (χ1v) is 6.18. The Bertz CT molecular complexity index is 624. The Morgan fingerprint density at radius 2 is 1.89 bits per heavy atom. The quantitative estimate of drug-likeness (QED) is 0.569. The molecule has 0 spiro atoms. The van der Waals surface area contributed by atoms with Crippen molar-refractivity contribution >= 4 is 11.5 Å². The van der Waals surface area contributed by atoms with Crippen LogP contribution in [0.15, 0.2) is 48.5 Å². The minimum atomic E-state index is -0.130. The molecule has 0 saturated heterocycles. The summed E-state index contributed by atoms with van der Waals surface area (Å²) in [4.78, 5) is 0. The lowest BCUT2D eigenvalue weighted by Gasteiger charge is -2.28. The van der Waals surface area contributed by atoms with E-state index in [2.05, 4.69) is 5.32 Å². The van der Waals surface area contributed by atoms with E-state index in [1.807, 2.05) is 48.5 Å². The van der Waals surface area contributed by atoms with Gasteiger partial charge in [0.2, 0.25) is 0 Å². The van der Waals surface area contributed by atoms with Crippen LogP contribution in [0.5, 0.6) is 5.75 Å². The molecule has 4 N–H and O–H groups in total. The van der Waals surface area contributed by atoms with Crippen molar-refractivity contribution in [3.05, 3.63) is 59.7 Å². The lowest BCUT2D eigenvalue weighted by molar-refractivity contribution is 0.210. The molecule has 1 aliphatic heterocycles. The molecule has 0 aliphatic carbocycles. The van der Waals surface area contributed by atoms with Crippen molar-refractivity contribution in [1.29, 1.82) is 5.41 Å². The number of benzene rings is 2. The highest BCUT2D eigenvalue weighted by atomic mass is 16.5. The molecule has 19 heavy (non-hydrogen) atoms. The van der Waals surface area contributed by atoms with Crippen LogP contribution in [-0.2, 0) is 0 Å². The van der Waals surface area contributed by atoms with Gasteiger partial charge in [-0.3, -0.25) is 5.41 Å². The molecule has 4 nitrogen and oxygen atoms in total. The molecule has 0 fully saturated rings. The van der Waals surface area contributed by atoms with E-state index in [1.54, 1.807) is 0 Å². The van der Waals surface area contributed by atoms with Gasteiger partial charge >= 0.3 is 0 Å². The maximum absolute atomic E-state index is 7.64. The molecule has 0 bridgehead atoms. The topological polar surface area (TPSA) is 71.1 Å². The van der Waals surface area contributed by atoms with Gasteiger partial charge in [-0.05, 0) is 12.1 Å². The highest BCUT2D eigenvalue weighted by molar-refractivity contribution is 5.96. The first-order valence-electron chi connectivity index (χ1n) is 6.18. The van der Waals surface area contributed by atoms with Gasteiger partial charge in [-0.1, -0.05) is 36.4 Å². The maximum atomic E-state index is 7.64.